The van der Waals surface area contributed by atoms with E-state index in [1.54, 1.807) is 6.20 Å². The molecule has 0 amide bonds. The lowest BCUT2D eigenvalue weighted by Crippen LogP contribution is -2.33. The van der Waals surface area contributed by atoms with Crippen molar-refractivity contribution in [3.63, 3.8) is 0 Å². The van der Waals surface area contributed by atoms with Crippen LogP contribution in [-0.4, -0.2) is 28.5 Å². The molecule has 1 unspecified atom stereocenters. The van der Waals surface area contributed by atoms with E-state index in [0.717, 1.165) is 12.2 Å². The molecule has 0 bridgehead atoms. The highest BCUT2D eigenvalue weighted by Gasteiger charge is 2.17. The van der Waals surface area contributed by atoms with E-state index in [1.807, 2.05) is 19.9 Å². The molecule has 0 saturated heterocycles. The third-order valence-electron chi connectivity index (χ3n) is 2.30. The zero-order valence-corrected chi connectivity index (χ0v) is 9.04. The molecule has 0 aliphatic rings. The van der Waals surface area contributed by atoms with Gasteiger partial charge in [-0.15, -0.1) is 0 Å². The predicted molar refractivity (Wildman–Crippen MR) is 55.9 cm³/mol. The normalized spacial score (nSPS) is 14.3. The molecule has 0 saturated carbocycles. The van der Waals surface area contributed by atoms with Crippen molar-refractivity contribution in [2.24, 2.45) is 5.41 Å². The first-order valence-electron chi connectivity index (χ1n) is 4.89. The molecule has 0 aliphatic carbocycles. The molecule has 80 valence electrons. The van der Waals surface area contributed by atoms with Crippen LogP contribution in [0.2, 0.25) is 0 Å². The third-order valence-corrected chi connectivity index (χ3v) is 2.30. The van der Waals surface area contributed by atoms with Crippen molar-refractivity contribution in [2.45, 2.75) is 26.8 Å². The monoisotopic (exact) mass is 197 g/mol. The van der Waals surface area contributed by atoms with Crippen molar-refractivity contribution in [1.29, 1.82) is 0 Å². The predicted octanol–water partition coefficient (Wildman–Crippen LogP) is 1.08. The van der Waals surface area contributed by atoms with E-state index in [4.69, 9.17) is 5.11 Å². The molecule has 3 N–H and O–H groups in total. The molecule has 1 heterocycles. The largest absolute Gasteiger partial charge is 0.396 e. The van der Waals surface area contributed by atoms with E-state index in [0.29, 0.717) is 0 Å². The van der Waals surface area contributed by atoms with Crippen molar-refractivity contribution >= 4 is 0 Å². The minimum atomic E-state index is -0.0751. The van der Waals surface area contributed by atoms with Crippen LogP contribution in [0.1, 0.15) is 32.5 Å². The van der Waals surface area contributed by atoms with Crippen molar-refractivity contribution < 1.29 is 5.11 Å². The van der Waals surface area contributed by atoms with Gasteiger partial charge in [-0.25, -0.2) is 0 Å². The highest BCUT2D eigenvalue weighted by molar-refractivity contribution is 5.03. The first-order chi connectivity index (χ1) is 6.55. The second-order valence-electron chi connectivity index (χ2n) is 4.44. The van der Waals surface area contributed by atoms with Gasteiger partial charge in [0.1, 0.15) is 0 Å². The number of rotatable bonds is 5. The average Bonchev–Trinajstić information content (AvgIpc) is 2.67. The number of aromatic nitrogens is 2. The van der Waals surface area contributed by atoms with Crippen molar-refractivity contribution in [3.8, 4) is 0 Å². The lowest BCUT2D eigenvalue weighted by molar-refractivity contribution is 0.153. The van der Waals surface area contributed by atoms with Crippen LogP contribution in [0.25, 0.3) is 0 Å². The van der Waals surface area contributed by atoms with Gasteiger partial charge >= 0.3 is 0 Å². The van der Waals surface area contributed by atoms with Crippen LogP contribution in [0.3, 0.4) is 0 Å². The van der Waals surface area contributed by atoms with Crippen LogP contribution in [-0.2, 0) is 0 Å². The van der Waals surface area contributed by atoms with Gasteiger partial charge in [0, 0.05) is 30.8 Å². The van der Waals surface area contributed by atoms with Crippen molar-refractivity contribution in [1.82, 2.24) is 15.5 Å². The Bertz CT molecular complexity index is 256. The van der Waals surface area contributed by atoms with Gasteiger partial charge in [0.25, 0.3) is 0 Å². The first kappa shape index (κ1) is 11.2. The number of H-pyrrole nitrogens is 1. The molecule has 14 heavy (non-hydrogen) atoms. The topological polar surface area (TPSA) is 60.9 Å². The Morgan fingerprint density at radius 1 is 1.64 bits per heavy atom. The molecule has 0 spiro atoms. The summed E-state index contributed by atoms with van der Waals surface area (Å²) in [5.74, 6) is 0. The highest BCUT2D eigenvalue weighted by Crippen LogP contribution is 2.14. The van der Waals surface area contributed by atoms with Gasteiger partial charge < -0.3 is 10.4 Å². The van der Waals surface area contributed by atoms with Crippen LogP contribution in [0.4, 0.5) is 0 Å². The standard InChI is InChI=1S/C10H19N3O/c1-8(9-4-5-12-13-9)11-6-10(2,3)7-14/h4-5,8,11,14H,6-7H2,1-3H3,(H,12,13). The summed E-state index contributed by atoms with van der Waals surface area (Å²) in [4.78, 5) is 0. The SMILES string of the molecule is CC(NCC(C)(C)CO)c1ccn[nH]1. The van der Waals surface area contributed by atoms with Crippen LogP contribution >= 0.6 is 0 Å². The maximum absolute atomic E-state index is 9.08. The molecule has 1 aromatic heterocycles. The smallest absolute Gasteiger partial charge is 0.0518 e. The van der Waals surface area contributed by atoms with E-state index in [9.17, 15) is 0 Å². The van der Waals surface area contributed by atoms with Crippen LogP contribution in [0.15, 0.2) is 12.3 Å². The molecule has 4 heteroatoms. The van der Waals surface area contributed by atoms with Crippen LogP contribution in [0.5, 0.6) is 0 Å². The molecular weight excluding hydrogens is 178 g/mol. The number of aliphatic hydroxyl groups excluding tert-OH is 1. The van der Waals surface area contributed by atoms with Gasteiger partial charge in [-0.1, -0.05) is 13.8 Å². The summed E-state index contributed by atoms with van der Waals surface area (Å²) in [6.45, 7) is 7.10. The zero-order chi connectivity index (χ0) is 10.6. The number of hydrogen-bond donors (Lipinski definition) is 3. The average molecular weight is 197 g/mol. The Labute approximate surface area is 84.7 Å². The fourth-order valence-corrected chi connectivity index (χ4v) is 1.10. The van der Waals surface area contributed by atoms with Gasteiger partial charge in [0.15, 0.2) is 0 Å². The molecule has 1 atom stereocenters. The minimum Gasteiger partial charge on any atom is -0.396 e. The lowest BCUT2D eigenvalue weighted by Gasteiger charge is -2.24. The number of hydrogen-bond acceptors (Lipinski definition) is 3. The Balaban J connectivity index is 2.39. The van der Waals surface area contributed by atoms with Gasteiger partial charge in [-0.2, -0.15) is 5.10 Å². The van der Waals surface area contributed by atoms with Gasteiger partial charge in [0.05, 0.1) is 5.69 Å². The summed E-state index contributed by atoms with van der Waals surface area (Å²) < 4.78 is 0. The Kier molecular flexibility index (Phi) is 3.66. The summed E-state index contributed by atoms with van der Waals surface area (Å²) in [5, 5.41) is 19.2. The van der Waals surface area contributed by atoms with E-state index in [1.165, 1.54) is 0 Å². The van der Waals surface area contributed by atoms with E-state index in [-0.39, 0.29) is 18.1 Å². The Hall–Kier alpha value is -0.870. The van der Waals surface area contributed by atoms with Gasteiger partial charge in [-0.3, -0.25) is 5.10 Å². The molecule has 0 aliphatic heterocycles. The lowest BCUT2D eigenvalue weighted by atomic mass is 9.94. The minimum absolute atomic E-state index is 0.0751. The van der Waals surface area contributed by atoms with Crippen molar-refractivity contribution in [3.05, 3.63) is 18.0 Å². The van der Waals surface area contributed by atoms with Crippen LogP contribution < -0.4 is 5.32 Å². The van der Waals surface area contributed by atoms with Crippen LogP contribution in [0, 0.1) is 5.41 Å². The quantitative estimate of drug-likeness (QED) is 0.662. The number of aliphatic hydroxyl groups is 1. The Morgan fingerprint density at radius 3 is 2.86 bits per heavy atom. The number of nitrogens with zero attached hydrogens (tertiary/aromatic N) is 1. The zero-order valence-electron chi connectivity index (χ0n) is 9.04. The maximum Gasteiger partial charge on any atom is 0.0518 e. The van der Waals surface area contributed by atoms with Gasteiger partial charge in [-0.05, 0) is 13.0 Å². The van der Waals surface area contributed by atoms with E-state index < -0.39 is 0 Å². The maximum atomic E-state index is 9.08. The molecule has 0 radical (unpaired) electrons. The molecular formula is C10H19N3O. The molecule has 1 rings (SSSR count). The fourth-order valence-electron chi connectivity index (χ4n) is 1.10. The summed E-state index contributed by atoms with van der Waals surface area (Å²) in [6, 6.07) is 2.19. The molecule has 0 aromatic carbocycles. The Morgan fingerprint density at radius 2 is 2.36 bits per heavy atom. The van der Waals surface area contributed by atoms with Crippen molar-refractivity contribution in [2.75, 3.05) is 13.2 Å². The van der Waals surface area contributed by atoms with Gasteiger partial charge in [0.2, 0.25) is 0 Å². The molecule has 1 aromatic rings. The second-order valence-corrected chi connectivity index (χ2v) is 4.44. The summed E-state index contributed by atoms with van der Waals surface area (Å²) in [5.41, 5.74) is 0.993. The summed E-state index contributed by atoms with van der Waals surface area (Å²) in [6.07, 6.45) is 1.74. The molecule has 4 nitrogen and oxygen atoms in total. The summed E-state index contributed by atoms with van der Waals surface area (Å²) in [7, 11) is 0. The fraction of sp³-hybridized carbons (Fsp3) is 0.700. The molecule has 0 fully saturated rings. The summed E-state index contributed by atoms with van der Waals surface area (Å²) >= 11 is 0. The third kappa shape index (κ3) is 3.12. The second kappa shape index (κ2) is 4.57. The van der Waals surface area contributed by atoms with E-state index >= 15 is 0 Å². The number of aromatic amines is 1. The number of nitrogens with one attached hydrogen (secondary N) is 2. The highest BCUT2D eigenvalue weighted by atomic mass is 16.3. The van der Waals surface area contributed by atoms with E-state index in [2.05, 4.69) is 22.4 Å². The first-order valence-corrected chi connectivity index (χ1v) is 4.89.